The van der Waals surface area contributed by atoms with Crippen molar-refractivity contribution in [2.24, 2.45) is 0 Å². The molecule has 0 bridgehead atoms. The van der Waals surface area contributed by atoms with Gasteiger partial charge < -0.3 is 24.2 Å². The van der Waals surface area contributed by atoms with E-state index in [1.807, 2.05) is 0 Å². The van der Waals surface area contributed by atoms with Gasteiger partial charge in [-0.1, -0.05) is 6.08 Å². The highest BCUT2D eigenvalue weighted by Gasteiger charge is 2.17. The first kappa shape index (κ1) is 21.7. The number of phenols is 1. The first-order valence-electron chi connectivity index (χ1n) is 10.2. The zero-order chi connectivity index (χ0) is 21.5. The predicted octanol–water partition coefficient (Wildman–Crippen LogP) is 2.88. The van der Waals surface area contributed by atoms with Crippen LogP contribution in [0.15, 0.2) is 36.4 Å². The molecule has 0 aromatic heterocycles. The van der Waals surface area contributed by atoms with Gasteiger partial charge in [-0.2, -0.15) is 0 Å². The molecule has 6 nitrogen and oxygen atoms in total. The highest BCUT2D eigenvalue weighted by Crippen LogP contribution is 2.38. The number of rotatable bonds is 8. The fourth-order valence-electron chi connectivity index (χ4n) is 3.84. The zero-order valence-electron chi connectivity index (χ0n) is 17.9. The zero-order valence-corrected chi connectivity index (χ0v) is 17.9. The number of phenolic OH excluding ortho intramolecular Hbond substituents is 1. The largest absolute Gasteiger partial charge is 0.507 e. The summed E-state index contributed by atoms with van der Waals surface area (Å²) in [4.78, 5) is 14.2. The van der Waals surface area contributed by atoms with Crippen LogP contribution in [0.4, 0.5) is 0 Å². The quantitative estimate of drug-likeness (QED) is 0.515. The average Bonchev–Trinajstić information content (AvgIpc) is 2.78. The highest BCUT2D eigenvalue weighted by atomic mass is 16.5. The number of likely N-dealkylation sites (tertiary alicyclic amines) is 1. The Morgan fingerprint density at radius 2 is 1.67 bits per heavy atom. The number of aromatic hydroxyl groups is 1. The summed E-state index contributed by atoms with van der Waals surface area (Å²) in [5.74, 6) is 1.68. The van der Waals surface area contributed by atoms with E-state index in [0.29, 0.717) is 22.8 Å². The van der Waals surface area contributed by atoms with Gasteiger partial charge >= 0.3 is 0 Å². The van der Waals surface area contributed by atoms with E-state index in [2.05, 4.69) is 0 Å². The molecule has 160 valence electrons. The summed E-state index contributed by atoms with van der Waals surface area (Å²) >= 11 is 0. The van der Waals surface area contributed by atoms with Gasteiger partial charge in [0.15, 0.2) is 17.3 Å². The molecule has 2 aromatic rings. The predicted molar refractivity (Wildman–Crippen MR) is 116 cm³/mol. The Bertz CT molecular complexity index is 891. The Balaban J connectivity index is 1.78. The number of benzene rings is 2. The second-order valence-electron chi connectivity index (χ2n) is 7.49. The van der Waals surface area contributed by atoms with Gasteiger partial charge in [0, 0.05) is 11.1 Å². The lowest BCUT2D eigenvalue weighted by molar-refractivity contribution is -0.918. The van der Waals surface area contributed by atoms with Crippen molar-refractivity contribution in [3.8, 4) is 23.0 Å². The van der Waals surface area contributed by atoms with Crippen molar-refractivity contribution in [3.63, 3.8) is 0 Å². The van der Waals surface area contributed by atoms with E-state index in [4.69, 9.17) is 14.2 Å². The summed E-state index contributed by atoms with van der Waals surface area (Å²) in [5.41, 5.74) is 2.14. The maximum atomic E-state index is 12.7. The first-order chi connectivity index (χ1) is 14.5. The number of piperidine rings is 1. The van der Waals surface area contributed by atoms with Gasteiger partial charge in [-0.3, -0.25) is 4.79 Å². The van der Waals surface area contributed by atoms with Gasteiger partial charge in [0.2, 0.25) is 5.75 Å². The molecule has 1 saturated heterocycles. The fraction of sp³-hybridized carbons (Fsp3) is 0.375. The van der Waals surface area contributed by atoms with Crippen LogP contribution in [0.5, 0.6) is 23.0 Å². The normalized spacial score (nSPS) is 14.6. The third-order valence-electron chi connectivity index (χ3n) is 5.48. The molecule has 0 radical (unpaired) electrons. The molecule has 6 heteroatoms. The smallest absolute Gasteiger partial charge is 0.203 e. The monoisotopic (exact) mass is 412 g/mol. The number of ketones is 1. The van der Waals surface area contributed by atoms with Gasteiger partial charge in [-0.15, -0.1) is 0 Å². The van der Waals surface area contributed by atoms with Crippen LogP contribution in [-0.4, -0.2) is 45.3 Å². The number of methoxy groups -OCH3 is 3. The third kappa shape index (κ3) is 5.13. The maximum absolute atomic E-state index is 12.7. The van der Waals surface area contributed by atoms with Crippen molar-refractivity contribution in [2.75, 3.05) is 34.4 Å². The number of hydrogen-bond acceptors (Lipinski definition) is 5. The number of ether oxygens (including phenoxy) is 3. The Morgan fingerprint density at radius 1 is 1.00 bits per heavy atom. The maximum Gasteiger partial charge on any atom is 0.203 e. The first-order valence-corrected chi connectivity index (χ1v) is 10.2. The summed E-state index contributed by atoms with van der Waals surface area (Å²) in [6.45, 7) is 2.96. The van der Waals surface area contributed by atoms with Crippen LogP contribution < -0.4 is 19.1 Å². The molecular weight excluding hydrogens is 382 g/mol. The second-order valence-corrected chi connectivity index (χ2v) is 7.49. The lowest BCUT2D eigenvalue weighted by atomic mass is 10.0. The van der Waals surface area contributed by atoms with E-state index in [0.717, 1.165) is 30.8 Å². The standard InChI is InChI=1S/C24H29NO5/c1-28-22-13-17(14-23(29-2)24(22)30-3)7-9-20(26)18-8-10-21(27)19(15-18)16-25-11-5-4-6-12-25/h7-10,13-15,27H,4-6,11-12,16H2,1-3H3/p+1/b9-7+. The van der Waals surface area contributed by atoms with E-state index in [1.165, 1.54) is 30.2 Å². The molecule has 0 saturated carbocycles. The summed E-state index contributed by atoms with van der Waals surface area (Å²) < 4.78 is 16.0. The Hall–Kier alpha value is -2.99. The topological polar surface area (TPSA) is 69.4 Å². The van der Waals surface area contributed by atoms with Crippen molar-refractivity contribution < 1.29 is 29.0 Å². The molecule has 2 N–H and O–H groups in total. The van der Waals surface area contributed by atoms with Crippen molar-refractivity contribution in [1.82, 2.24) is 0 Å². The molecule has 0 amide bonds. The molecule has 1 aliphatic rings. The summed E-state index contributed by atoms with van der Waals surface area (Å²) in [6.07, 6.45) is 6.94. The fourth-order valence-corrected chi connectivity index (χ4v) is 3.84. The molecule has 1 heterocycles. The van der Waals surface area contributed by atoms with E-state index in [9.17, 15) is 9.90 Å². The number of allylic oxidation sites excluding steroid dienone is 1. The molecule has 0 atom stereocenters. The van der Waals surface area contributed by atoms with Crippen molar-refractivity contribution in [3.05, 3.63) is 53.1 Å². The molecule has 0 unspecified atom stereocenters. The van der Waals surface area contributed by atoms with Gasteiger partial charge in [0.25, 0.3) is 0 Å². The SMILES string of the molecule is COc1cc(/C=C/C(=O)c2ccc(O)c(C[NH+]3CCCCC3)c2)cc(OC)c1OC. The second kappa shape index (κ2) is 10.2. The van der Waals surface area contributed by atoms with Crippen molar-refractivity contribution in [2.45, 2.75) is 25.8 Å². The summed E-state index contributed by atoms with van der Waals surface area (Å²) in [6, 6.07) is 8.64. The van der Waals surface area contributed by atoms with Crippen LogP contribution in [0.2, 0.25) is 0 Å². The molecular formula is C24H30NO5+. The lowest BCUT2D eigenvalue weighted by Gasteiger charge is -2.23. The molecule has 1 aliphatic heterocycles. The molecule has 2 aromatic carbocycles. The molecule has 0 spiro atoms. The Labute approximate surface area is 177 Å². The van der Waals surface area contributed by atoms with Crippen LogP contribution in [0.1, 0.15) is 40.7 Å². The summed E-state index contributed by atoms with van der Waals surface area (Å²) in [7, 11) is 4.66. The van der Waals surface area contributed by atoms with Crippen LogP contribution in [0.25, 0.3) is 6.08 Å². The Morgan fingerprint density at radius 3 is 2.27 bits per heavy atom. The number of hydrogen-bond donors (Lipinski definition) is 2. The molecule has 0 aliphatic carbocycles. The van der Waals surface area contributed by atoms with Gasteiger partial charge in [-0.05, 0) is 61.2 Å². The molecule has 30 heavy (non-hydrogen) atoms. The number of quaternary nitrogens is 1. The van der Waals surface area contributed by atoms with Gasteiger partial charge in [0.1, 0.15) is 12.3 Å². The van der Waals surface area contributed by atoms with Crippen LogP contribution >= 0.6 is 0 Å². The average molecular weight is 413 g/mol. The van der Waals surface area contributed by atoms with Crippen molar-refractivity contribution >= 4 is 11.9 Å². The highest BCUT2D eigenvalue weighted by molar-refractivity contribution is 6.07. The van der Waals surface area contributed by atoms with E-state index in [-0.39, 0.29) is 11.5 Å². The van der Waals surface area contributed by atoms with Crippen LogP contribution in [-0.2, 0) is 6.54 Å². The third-order valence-corrected chi connectivity index (χ3v) is 5.48. The van der Waals surface area contributed by atoms with Crippen LogP contribution in [0.3, 0.4) is 0 Å². The van der Waals surface area contributed by atoms with E-state index in [1.54, 1.807) is 57.7 Å². The minimum atomic E-state index is -0.126. The number of nitrogens with one attached hydrogen (secondary N) is 1. The number of carbonyl (C=O) groups is 1. The van der Waals surface area contributed by atoms with Gasteiger partial charge in [0.05, 0.1) is 34.4 Å². The van der Waals surface area contributed by atoms with Crippen LogP contribution in [0, 0.1) is 0 Å². The number of carbonyl (C=O) groups excluding carboxylic acids is 1. The van der Waals surface area contributed by atoms with E-state index < -0.39 is 0 Å². The minimum absolute atomic E-state index is 0.126. The van der Waals surface area contributed by atoms with Crippen molar-refractivity contribution in [1.29, 1.82) is 0 Å². The van der Waals surface area contributed by atoms with E-state index >= 15 is 0 Å². The Kier molecular flexibility index (Phi) is 7.36. The lowest BCUT2D eigenvalue weighted by Crippen LogP contribution is -3.11. The summed E-state index contributed by atoms with van der Waals surface area (Å²) in [5, 5.41) is 10.2. The molecule has 1 fully saturated rings. The minimum Gasteiger partial charge on any atom is -0.507 e. The van der Waals surface area contributed by atoms with Gasteiger partial charge in [-0.25, -0.2) is 0 Å². The molecule has 3 rings (SSSR count).